The van der Waals surface area contributed by atoms with Crippen LogP contribution >= 0.6 is 0 Å². The molecule has 0 amide bonds. The molecule has 0 bridgehead atoms. The Labute approximate surface area is 307 Å². The van der Waals surface area contributed by atoms with E-state index in [1.807, 2.05) is 30.3 Å². The Kier molecular flexibility index (Phi) is 12.6. The number of aromatic nitrogens is 4. The number of carbonyl (C=O) groups is 3. The molecule has 14 nitrogen and oxygen atoms in total. The van der Waals surface area contributed by atoms with E-state index in [-0.39, 0.29) is 57.2 Å². The van der Waals surface area contributed by atoms with Gasteiger partial charge in [0.1, 0.15) is 0 Å². The number of carboxylic acids is 2. The molecule has 0 aliphatic carbocycles. The quantitative estimate of drug-likeness (QED) is 0.0985. The third-order valence-electron chi connectivity index (χ3n) is 7.29. The molecule has 6 aromatic rings. The van der Waals surface area contributed by atoms with Crippen molar-refractivity contribution >= 4 is 41.7 Å². The van der Waals surface area contributed by atoms with Gasteiger partial charge in [0.05, 0.1) is 57.8 Å². The van der Waals surface area contributed by atoms with Crippen molar-refractivity contribution in [2.45, 2.75) is 6.92 Å². The normalized spacial score (nSPS) is 10.7. The molecule has 262 valence electrons. The largest absolute Gasteiger partial charge is 0.493 e. The van der Waals surface area contributed by atoms with E-state index >= 15 is 0 Å². The van der Waals surface area contributed by atoms with Gasteiger partial charge in [-0.3, -0.25) is 9.98 Å². The van der Waals surface area contributed by atoms with E-state index in [1.165, 1.54) is 47.1 Å². The van der Waals surface area contributed by atoms with Gasteiger partial charge in [0.2, 0.25) is 11.8 Å². The van der Waals surface area contributed by atoms with Crippen molar-refractivity contribution in [1.82, 2.24) is 19.6 Å². The summed E-state index contributed by atoms with van der Waals surface area (Å²) in [6.07, 6.45) is 2.62. The number of ether oxygens (including phenoxy) is 1. The molecule has 15 heteroatoms. The number of benzene rings is 4. The molecule has 52 heavy (non-hydrogen) atoms. The summed E-state index contributed by atoms with van der Waals surface area (Å²) < 4.78 is 7.31. The van der Waals surface area contributed by atoms with Gasteiger partial charge in [-0.1, -0.05) is 60.7 Å². The van der Waals surface area contributed by atoms with Gasteiger partial charge in [-0.25, -0.2) is 19.1 Å². The van der Waals surface area contributed by atoms with E-state index in [1.54, 1.807) is 67.6 Å². The minimum absolute atomic E-state index is 0. The number of hydrogen-bond acceptors (Lipinski definition) is 10. The van der Waals surface area contributed by atoms with Gasteiger partial charge >= 0.3 is 17.9 Å². The average molecular weight is 739 g/mol. The maximum Gasteiger partial charge on any atom is 0.359 e. The molecule has 2 heterocycles. The molecule has 0 atom stereocenters. The van der Waals surface area contributed by atoms with Crippen LogP contribution in [0.1, 0.15) is 48.0 Å². The van der Waals surface area contributed by atoms with E-state index in [2.05, 4.69) is 20.2 Å². The number of methoxy groups -OCH3 is 1. The van der Waals surface area contributed by atoms with E-state index in [0.717, 1.165) is 5.69 Å². The van der Waals surface area contributed by atoms with E-state index in [9.17, 15) is 34.8 Å². The fourth-order valence-corrected chi connectivity index (χ4v) is 4.77. The van der Waals surface area contributed by atoms with Crippen molar-refractivity contribution in [3.63, 3.8) is 0 Å². The monoisotopic (exact) mass is 738 g/mol. The van der Waals surface area contributed by atoms with Crippen LogP contribution in [0.4, 0.5) is 11.4 Å². The third-order valence-corrected chi connectivity index (χ3v) is 7.29. The summed E-state index contributed by atoms with van der Waals surface area (Å²) in [5.41, 5.74) is 2.75. The minimum atomic E-state index is -1.14. The van der Waals surface area contributed by atoms with Crippen molar-refractivity contribution < 1.29 is 56.9 Å². The molecule has 6 rings (SSSR count). The Balaban J connectivity index is 0.000000230. The first-order valence-electron chi connectivity index (χ1n) is 15.1. The van der Waals surface area contributed by atoms with Gasteiger partial charge in [-0.05, 0) is 55.5 Å². The van der Waals surface area contributed by atoms with Crippen LogP contribution < -0.4 is 0 Å². The number of nitrogens with zero attached hydrogens (tertiary/aromatic N) is 6. The van der Waals surface area contributed by atoms with Crippen LogP contribution in [0.15, 0.2) is 119 Å². The summed E-state index contributed by atoms with van der Waals surface area (Å²) >= 11 is 0. The molecule has 0 aliphatic heterocycles. The van der Waals surface area contributed by atoms with Crippen molar-refractivity contribution in [3.8, 4) is 23.1 Å². The molecule has 2 aromatic heterocycles. The topological polar surface area (TPSA) is 202 Å². The van der Waals surface area contributed by atoms with Crippen molar-refractivity contribution in [3.05, 3.63) is 143 Å². The molecule has 0 saturated heterocycles. The maximum atomic E-state index is 12.1. The summed E-state index contributed by atoms with van der Waals surface area (Å²) in [5.74, 6) is -3.31. The van der Waals surface area contributed by atoms with Gasteiger partial charge < -0.3 is 25.2 Å². The summed E-state index contributed by atoms with van der Waals surface area (Å²) in [7, 11) is 1.20. The fourth-order valence-electron chi connectivity index (χ4n) is 4.77. The Morgan fingerprint density at radius 2 is 1.04 bits per heavy atom. The number of aliphatic imine (C=N–C) groups is 2. The summed E-state index contributed by atoms with van der Waals surface area (Å²) in [5, 5.41) is 47.8. The van der Waals surface area contributed by atoms with Crippen LogP contribution in [0, 0.1) is 6.92 Å². The van der Waals surface area contributed by atoms with Crippen LogP contribution in [-0.2, 0) is 22.1 Å². The number of aromatic hydroxyl groups is 2. The van der Waals surface area contributed by atoms with E-state index in [4.69, 9.17) is 4.74 Å². The van der Waals surface area contributed by atoms with Gasteiger partial charge in [0.25, 0.3) is 0 Å². The number of carboxylic acid groups (broad SMARTS) is 2. The first-order valence-corrected chi connectivity index (χ1v) is 15.1. The standard InChI is InChI=1S/C19H15N3O5.C18H15N3O3.Cr/c1-27-19(26)16-14(11-20-15-10-6-5-9-13(15)18(24)25)17(23)22(21-16)12-7-3-2-4-8-12;1-12-15(11-19-16-10-6-5-9-14(16)18(23)24)17(22)21(20-12)13-7-3-2-4-8-13;/h2-11,23H,1H3,(H,24,25);2-11,22H,1H3,(H,23,24);. The second-order valence-electron chi connectivity index (χ2n) is 10.6. The Morgan fingerprint density at radius 1 is 0.635 bits per heavy atom. The molecule has 4 aromatic carbocycles. The molecule has 0 fully saturated rings. The van der Waals surface area contributed by atoms with Crippen LogP contribution in [0.5, 0.6) is 11.8 Å². The van der Waals surface area contributed by atoms with E-state index in [0.29, 0.717) is 22.6 Å². The number of aromatic carboxylic acids is 2. The molecular weight excluding hydrogens is 708 g/mol. The smallest absolute Gasteiger partial charge is 0.359 e. The van der Waals surface area contributed by atoms with Gasteiger partial charge in [0, 0.05) is 29.8 Å². The second-order valence-corrected chi connectivity index (χ2v) is 10.6. The van der Waals surface area contributed by atoms with Crippen LogP contribution in [-0.4, -0.2) is 77.4 Å². The van der Waals surface area contributed by atoms with Crippen molar-refractivity contribution in [1.29, 1.82) is 0 Å². The summed E-state index contributed by atoms with van der Waals surface area (Å²) in [6.45, 7) is 1.75. The number of aryl methyl sites for hydroxylation is 1. The minimum Gasteiger partial charge on any atom is -0.493 e. The van der Waals surface area contributed by atoms with Gasteiger partial charge in [-0.15, -0.1) is 0 Å². The number of para-hydroxylation sites is 4. The maximum absolute atomic E-state index is 12.1. The Bertz CT molecular complexity index is 2270. The molecule has 0 aliphatic rings. The first-order chi connectivity index (χ1) is 24.6. The fraction of sp³-hybridized carbons (Fsp3) is 0.0541. The van der Waals surface area contributed by atoms with Crippen molar-refractivity contribution in [2.75, 3.05) is 7.11 Å². The predicted octanol–water partition coefficient (Wildman–Crippen LogP) is 6.15. The molecule has 0 saturated carbocycles. The number of esters is 1. The van der Waals surface area contributed by atoms with Crippen molar-refractivity contribution in [2.24, 2.45) is 9.98 Å². The third kappa shape index (κ3) is 8.48. The zero-order valence-corrected chi connectivity index (χ0v) is 28.8. The molecule has 4 N–H and O–H groups in total. The second kappa shape index (κ2) is 17.2. The molecule has 0 spiro atoms. The number of hydrogen-bond donors (Lipinski definition) is 4. The Morgan fingerprint density at radius 3 is 1.50 bits per heavy atom. The van der Waals surface area contributed by atoms with Gasteiger partial charge in [-0.2, -0.15) is 14.9 Å². The SMILES string of the molecule is COC(=O)c1nn(-c2ccccc2)c(O)c1C=Nc1ccccc1C(=O)O.Cc1nn(-c2ccccc2)c(O)c1C=Nc1ccccc1C(=O)O.[Cr]. The number of carbonyl (C=O) groups excluding carboxylic acids is 1. The average Bonchev–Trinajstić information content (AvgIpc) is 3.64. The van der Waals surface area contributed by atoms with Crippen LogP contribution in [0.2, 0.25) is 0 Å². The zero-order chi connectivity index (χ0) is 36.5. The molecule has 0 radical (unpaired) electrons. The zero-order valence-electron chi connectivity index (χ0n) is 27.6. The van der Waals surface area contributed by atoms with Crippen LogP contribution in [0.3, 0.4) is 0 Å². The summed E-state index contributed by atoms with van der Waals surface area (Å²) in [6, 6.07) is 30.5. The summed E-state index contributed by atoms with van der Waals surface area (Å²) in [4.78, 5) is 42.9. The Hall–Kier alpha value is -6.82. The molecular formula is C37H30CrN6O8. The predicted molar refractivity (Wildman–Crippen MR) is 188 cm³/mol. The van der Waals surface area contributed by atoms with Crippen LogP contribution in [0.25, 0.3) is 11.4 Å². The number of rotatable bonds is 9. The van der Waals surface area contributed by atoms with Gasteiger partial charge in [0.15, 0.2) is 5.69 Å². The van der Waals surface area contributed by atoms with E-state index < -0.39 is 17.9 Å². The first kappa shape index (κ1) is 38.0. The molecule has 0 unspecified atom stereocenters.